The summed E-state index contributed by atoms with van der Waals surface area (Å²) >= 11 is 0. The molecule has 0 amide bonds. The van der Waals surface area contributed by atoms with Crippen LogP contribution in [0.3, 0.4) is 0 Å². The number of hydrogen-bond acceptors (Lipinski definition) is 4. The zero-order valence-electron chi connectivity index (χ0n) is 13.3. The predicted octanol–water partition coefficient (Wildman–Crippen LogP) is 3.49. The topological polar surface area (TPSA) is 53.4 Å². The van der Waals surface area contributed by atoms with E-state index in [4.69, 9.17) is 4.74 Å². The highest BCUT2D eigenvalue weighted by Crippen LogP contribution is 2.22. The molecule has 7 heteroatoms. The molecule has 5 nitrogen and oxygen atoms in total. The Bertz CT molecular complexity index is 726. The molecule has 1 aromatic heterocycles. The molecule has 0 radical (unpaired) electrons. The molecule has 0 aliphatic carbocycles. The summed E-state index contributed by atoms with van der Waals surface area (Å²) in [6.45, 7) is -0.0384. The first kappa shape index (κ1) is 16.4. The molecule has 2 aromatic rings. The number of imidazole rings is 1. The van der Waals surface area contributed by atoms with E-state index in [0.29, 0.717) is 11.3 Å². The molecule has 1 aliphatic rings. The third-order valence-corrected chi connectivity index (χ3v) is 4.02. The first-order valence-corrected chi connectivity index (χ1v) is 7.81. The predicted molar refractivity (Wildman–Crippen MR) is 82.1 cm³/mol. The van der Waals surface area contributed by atoms with Crippen LogP contribution in [0.25, 0.3) is 0 Å². The number of alkyl halides is 2. The van der Waals surface area contributed by atoms with E-state index in [2.05, 4.69) is 14.3 Å². The van der Waals surface area contributed by atoms with Gasteiger partial charge < -0.3 is 14.0 Å². The lowest BCUT2D eigenvalue weighted by molar-refractivity contribution is -0.0498. The summed E-state index contributed by atoms with van der Waals surface area (Å²) in [6, 6.07) is 5.99. The van der Waals surface area contributed by atoms with Gasteiger partial charge >= 0.3 is 12.6 Å². The normalized spacial score (nSPS) is 13.7. The van der Waals surface area contributed by atoms with E-state index in [-0.39, 0.29) is 12.4 Å². The zero-order chi connectivity index (χ0) is 17.1. The highest BCUT2D eigenvalue weighted by molar-refractivity contribution is 5.88. The standard InChI is InChI=1S/C17H18F2N2O3/c1-11-20-15(14-4-2-3-9-21(11)14)16(22)23-10-12-5-7-13(8-6-12)24-17(18)19/h5-8,17H,2-4,9-10H2,1H3. The number of aryl methyl sites for hydroxylation is 1. The van der Waals surface area contributed by atoms with Crippen molar-refractivity contribution in [2.24, 2.45) is 0 Å². The van der Waals surface area contributed by atoms with Crippen molar-refractivity contribution < 1.29 is 23.0 Å². The number of carbonyl (C=O) groups excluding carboxylic acids is 1. The fraction of sp³-hybridized carbons (Fsp3) is 0.412. The molecule has 0 N–H and O–H groups in total. The van der Waals surface area contributed by atoms with Gasteiger partial charge in [-0.3, -0.25) is 0 Å². The van der Waals surface area contributed by atoms with Gasteiger partial charge in [0.2, 0.25) is 0 Å². The maximum atomic E-state index is 12.3. The van der Waals surface area contributed by atoms with Crippen molar-refractivity contribution in [1.82, 2.24) is 9.55 Å². The van der Waals surface area contributed by atoms with Crippen LogP contribution in [0.1, 0.15) is 40.4 Å². The van der Waals surface area contributed by atoms with Crippen LogP contribution in [-0.4, -0.2) is 22.1 Å². The fourth-order valence-corrected chi connectivity index (χ4v) is 2.87. The van der Waals surface area contributed by atoms with Gasteiger partial charge in [0.15, 0.2) is 5.69 Å². The molecule has 0 unspecified atom stereocenters. The number of esters is 1. The van der Waals surface area contributed by atoms with Crippen LogP contribution in [0.4, 0.5) is 8.78 Å². The number of hydrogen-bond donors (Lipinski definition) is 0. The second kappa shape index (κ2) is 6.98. The van der Waals surface area contributed by atoms with E-state index < -0.39 is 12.6 Å². The minimum atomic E-state index is -2.86. The number of ether oxygens (including phenoxy) is 2. The van der Waals surface area contributed by atoms with Crippen LogP contribution >= 0.6 is 0 Å². The van der Waals surface area contributed by atoms with Crippen LogP contribution in [0, 0.1) is 6.92 Å². The number of fused-ring (bicyclic) bond motifs is 1. The number of aromatic nitrogens is 2. The molecular formula is C17H18F2N2O3. The van der Waals surface area contributed by atoms with Crippen LogP contribution in [0.2, 0.25) is 0 Å². The number of halogens is 2. The number of rotatable bonds is 5. The van der Waals surface area contributed by atoms with Crippen molar-refractivity contribution >= 4 is 5.97 Å². The van der Waals surface area contributed by atoms with Crippen molar-refractivity contribution in [2.45, 2.75) is 45.9 Å². The van der Waals surface area contributed by atoms with E-state index >= 15 is 0 Å². The summed E-state index contributed by atoms with van der Waals surface area (Å²) in [5, 5.41) is 0. The first-order valence-electron chi connectivity index (χ1n) is 7.81. The maximum Gasteiger partial charge on any atom is 0.387 e. The van der Waals surface area contributed by atoms with E-state index in [1.54, 1.807) is 12.1 Å². The average molecular weight is 336 g/mol. The highest BCUT2D eigenvalue weighted by Gasteiger charge is 2.23. The van der Waals surface area contributed by atoms with Crippen molar-refractivity contribution in [1.29, 1.82) is 0 Å². The average Bonchev–Trinajstić information content (AvgIpc) is 2.91. The van der Waals surface area contributed by atoms with Gasteiger partial charge in [0.25, 0.3) is 0 Å². The first-order chi connectivity index (χ1) is 11.5. The van der Waals surface area contributed by atoms with Crippen LogP contribution in [0.5, 0.6) is 5.75 Å². The largest absolute Gasteiger partial charge is 0.456 e. The highest BCUT2D eigenvalue weighted by atomic mass is 19.3. The van der Waals surface area contributed by atoms with Crippen molar-refractivity contribution in [3.8, 4) is 5.75 Å². The summed E-state index contributed by atoms with van der Waals surface area (Å²) in [6.07, 6.45) is 2.95. The molecule has 1 aliphatic heterocycles. The van der Waals surface area contributed by atoms with Gasteiger partial charge in [0.05, 0.1) is 5.69 Å². The quantitative estimate of drug-likeness (QED) is 0.785. The minimum absolute atomic E-state index is 0.0547. The van der Waals surface area contributed by atoms with Crippen molar-refractivity contribution in [3.63, 3.8) is 0 Å². The summed E-state index contributed by atoms with van der Waals surface area (Å²) in [7, 11) is 0. The molecule has 0 saturated heterocycles. The van der Waals surface area contributed by atoms with E-state index in [0.717, 1.165) is 37.3 Å². The number of benzene rings is 1. The molecule has 3 rings (SSSR count). The van der Waals surface area contributed by atoms with Gasteiger partial charge in [-0.25, -0.2) is 9.78 Å². The number of carbonyl (C=O) groups is 1. The Morgan fingerprint density at radius 2 is 2.04 bits per heavy atom. The monoisotopic (exact) mass is 336 g/mol. The fourth-order valence-electron chi connectivity index (χ4n) is 2.87. The van der Waals surface area contributed by atoms with E-state index in [9.17, 15) is 13.6 Å². The van der Waals surface area contributed by atoms with Crippen LogP contribution < -0.4 is 4.74 Å². The summed E-state index contributed by atoms with van der Waals surface area (Å²) in [5.41, 5.74) is 2.00. The van der Waals surface area contributed by atoms with E-state index in [1.807, 2.05) is 6.92 Å². The lowest BCUT2D eigenvalue weighted by Gasteiger charge is -2.16. The Labute approximate surface area is 138 Å². The molecular weight excluding hydrogens is 318 g/mol. The van der Waals surface area contributed by atoms with Crippen LogP contribution in [-0.2, 0) is 24.3 Å². The third kappa shape index (κ3) is 3.55. The second-order valence-electron chi connectivity index (χ2n) is 5.66. The third-order valence-electron chi connectivity index (χ3n) is 4.02. The Hall–Kier alpha value is -2.44. The number of nitrogens with zero attached hydrogens (tertiary/aromatic N) is 2. The Morgan fingerprint density at radius 3 is 2.75 bits per heavy atom. The van der Waals surface area contributed by atoms with Gasteiger partial charge in [-0.05, 0) is 43.9 Å². The molecule has 0 fully saturated rings. The smallest absolute Gasteiger partial charge is 0.387 e. The SMILES string of the molecule is Cc1nc(C(=O)OCc2ccc(OC(F)F)cc2)c2n1CCCC2. The van der Waals surface area contributed by atoms with Gasteiger partial charge in [-0.1, -0.05) is 12.1 Å². The molecule has 2 heterocycles. The van der Waals surface area contributed by atoms with Crippen LogP contribution in [0.15, 0.2) is 24.3 Å². The zero-order valence-corrected chi connectivity index (χ0v) is 13.3. The second-order valence-corrected chi connectivity index (χ2v) is 5.66. The molecule has 24 heavy (non-hydrogen) atoms. The van der Waals surface area contributed by atoms with Gasteiger partial charge in [-0.15, -0.1) is 0 Å². The molecule has 128 valence electrons. The summed E-state index contributed by atoms with van der Waals surface area (Å²) in [5.74, 6) is 0.436. The van der Waals surface area contributed by atoms with Crippen molar-refractivity contribution in [2.75, 3.05) is 0 Å². The Kier molecular flexibility index (Phi) is 4.78. The van der Waals surface area contributed by atoms with Gasteiger partial charge in [0, 0.05) is 6.54 Å². The molecule has 1 aromatic carbocycles. The molecule has 0 spiro atoms. The lowest BCUT2D eigenvalue weighted by atomic mass is 10.1. The molecule has 0 saturated carbocycles. The molecule has 0 atom stereocenters. The van der Waals surface area contributed by atoms with Gasteiger partial charge in [-0.2, -0.15) is 8.78 Å². The maximum absolute atomic E-state index is 12.3. The lowest BCUT2D eigenvalue weighted by Crippen LogP contribution is -2.15. The minimum Gasteiger partial charge on any atom is -0.456 e. The summed E-state index contributed by atoms with van der Waals surface area (Å²) < 4.78 is 35.9. The summed E-state index contributed by atoms with van der Waals surface area (Å²) in [4.78, 5) is 16.6. The van der Waals surface area contributed by atoms with Gasteiger partial charge in [0.1, 0.15) is 18.2 Å². The Morgan fingerprint density at radius 1 is 1.29 bits per heavy atom. The Balaban J connectivity index is 1.64. The molecule has 0 bridgehead atoms. The van der Waals surface area contributed by atoms with E-state index in [1.165, 1.54) is 12.1 Å². The van der Waals surface area contributed by atoms with Crippen molar-refractivity contribution in [3.05, 3.63) is 47.0 Å².